The van der Waals surface area contributed by atoms with Gasteiger partial charge in [-0.15, -0.1) is 0 Å². The van der Waals surface area contributed by atoms with E-state index < -0.39 is 6.09 Å². The minimum atomic E-state index is -0.658. The number of carbonyl (C=O) groups excluding carboxylic acids is 2. The SMILES string of the molecule is CCN1CCN(C(=O)c2cccc(NC(=O)OSN3CCc4c(-c5cnc(N)nc5)nc(N5CCOCC5)nc43)c2)CC1. The maximum atomic E-state index is 13.1. The molecular weight excluding hydrogens is 572 g/mol. The summed E-state index contributed by atoms with van der Waals surface area (Å²) in [6.07, 6.45) is 3.29. The number of aromatic nitrogens is 4. The number of nitrogens with two attached hydrogens (primary N) is 1. The Bertz CT molecular complexity index is 1460. The van der Waals surface area contributed by atoms with Crippen LogP contribution in [-0.4, -0.2) is 107 Å². The average Bonchev–Trinajstić information content (AvgIpc) is 3.47. The second-order valence-electron chi connectivity index (χ2n) is 10.3. The van der Waals surface area contributed by atoms with Crippen molar-refractivity contribution in [3.05, 3.63) is 47.8 Å². The minimum Gasteiger partial charge on any atom is -0.378 e. The van der Waals surface area contributed by atoms with Crippen LogP contribution in [0.1, 0.15) is 22.8 Å². The van der Waals surface area contributed by atoms with Gasteiger partial charge < -0.3 is 29.4 Å². The van der Waals surface area contributed by atoms with E-state index in [1.807, 2.05) is 9.21 Å². The number of likely N-dealkylation sites (N-methyl/N-ethyl adjacent to an activating group) is 1. The average molecular weight is 607 g/mol. The zero-order valence-electron chi connectivity index (χ0n) is 23.9. The zero-order valence-corrected chi connectivity index (χ0v) is 24.8. The minimum absolute atomic E-state index is 0.0473. The van der Waals surface area contributed by atoms with E-state index in [1.54, 1.807) is 36.7 Å². The Hall–Kier alpha value is -4.21. The normalized spacial score (nSPS) is 17.1. The number of hydrogen-bond donors (Lipinski definition) is 2. The second-order valence-corrected chi connectivity index (χ2v) is 11.1. The van der Waals surface area contributed by atoms with Crippen molar-refractivity contribution in [1.29, 1.82) is 0 Å². The Kier molecular flexibility index (Phi) is 8.72. The molecule has 0 unspecified atom stereocenters. The van der Waals surface area contributed by atoms with Crippen molar-refractivity contribution in [2.75, 3.05) is 85.8 Å². The molecule has 2 saturated heterocycles. The predicted molar refractivity (Wildman–Crippen MR) is 164 cm³/mol. The highest BCUT2D eigenvalue weighted by atomic mass is 32.2. The third kappa shape index (κ3) is 6.58. The first kappa shape index (κ1) is 28.9. The maximum Gasteiger partial charge on any atom is 0.425 e. The number of nitrogen functional groups attached to an aromatic ring is 1. The largest absolute Gasteiger partial charge is 0.425 e. The van der Waals surface area contributed by atoms with E-state index in [4.69, 9.17) is 24.6 Å². The summed E-state index contributed by atoms with van der Waals surface area (Å²) in [7, 11) is 0. The number of nitrogens with zero attached hydrogens (tertiary/aromatic N) is 8. The van der Waals surface area contributed by atoms with Gasteiger partial charge in [-0.05, 0) is 31.2 Å². The summed E-state index contributed by atoms with van der Waals surface area (Å²) in [4.78, 5) is 50.1. The summed E-state index contributed by atoms with van der Waals surface area (Å²) < 4.78 is 12.9. The topological polar surface area (TPSA) is 155 Å². The fraction of sp³-hybridized carbons (Fsp3) is 0.429. The zero-order chi connectivity index (χ0) is 29.8. The van der Waals surface area contributed by atoms with Gasteiger partial charge in [-0.1, -0.05) is 13.0 Å². The van der Waals surface area contributed by atoms with Gasteiger partial charge in [-0.3, -0.25) is 14.4 Å². The van der Waals surface area contributed by atoms with Gasteiger partial charge in [0.2, 0.25) is 11.9 Å². The Morgan fingerprint density at radius 1 is 1.05 bits per heavy atom. The van der Waals surface area contributed by atoms with Gasteiger partial charge in [0.15, 0.2) is 18.0 Å². The summed E-state index contributed by atoms with van der Waals surface area (Å²) in [5, 5.41) is 2.74. The van der Waals surface area contributed by atoms with E-state index in [1.165, 1.54) is 0 Å². The molecule has 1 aromatic carbocycles. The summed E-state index contributed by atoms with van der Waals surface area (Å²) in [5.41, 5.74) is 9.08. The number of anilines is 4. The van der Waals surface area contributed by atoms with E-state index in [-0.39, 0.29) is 11.9 Å². The number of nitrogens with one attached hydrogen (secondary N) is 1. The number of benzene rings is 1. The molecule has 6 rings (SSSR count). The highest BCUT2D eigenvalue weighted by molar-refractivity contribution is 7.96. The van der Waals surface area contributed by atoms with Crippen molar-refractivity contribution >= 4 is 47.6 Å². The molecule has 3 aliphatic heterocycles. The van der Waals surface area contributed by atoms with Crippen molar-refractivity contribution in [2.45, 2.75) is 13.3 Å². The number of fused-ring (bicyclic) bond motifs is 1. The highest BCUT2D eigenvalue weighted by Crippen LogP contribution is 2.38. The summed E-state index contributed by atoms with van der Waals surface area (Å²) in [6, 6.07) is 6.91. The molecule has 0 bridgehead atoms. The predicted octanol–water partition coefficient (Wildman–Crippen LogP) is 2.30. The number of rotatable bonds is 7. The number of morpholine rings is 1. The molecular formula is C28H34N10O4S. The second kappa shape index (κ2) is 13.0. The highest BCUT2D eigenvalue weighted by Gasteiger charge is 2.30. The third-order valence-electron chi connectivity index (χ3n) is 7.68. The van der Waals surface area contributed by atoms with Crippen LogP contribution in [0.25, 0.3) is 11.3 Å². The van der Waals surface area contributed by atoms with Crippen LogP contribution in [0.2, 0.25) is 0 Å². The van der Waals surface area contributed by atoms with Crippen LogP contribution in [0.4, 0.5) is 28.2 Å². The number of ether oxygens (including phenoxy) is 1. The summed E-state index contributed by atoms with van der Waals surface area (Å²) in [5.74, 6) is 1.36. The fourth-order valence-corrected chi connectivity index (χ4v) is 5.88. The molecule has 43 heavy (non-hydrogen) atoms. The van der Waals surface area contributed by atoms with Crippen LogP contribution in [0, 0.1) is 0 Å². The van der Waals surface area contributed by atoms with Gasteiger partial charge in [-0.25, -0.2) is 19.7 Å². The third-order valence-corrected chi connectivity index (χ3v) is 8.44. The monoisotopic (exact) mass is 606 g/mol. The van der Waals surface area contributed by atoms with Gasteiger partial charge in [0.25, 0.3) is 5.91 Å². The molecule has 2 amide bonds. The number of carbonyl (C=O) groups is 2. The molecule has 14 nitrogen and oxygen atoms in total. The van der Waals surface area contributed by atoms with Crippen molar-refractivity contribution in [2.24, 2.45) is 0 Å². The lowest BCUT2D eigenvalue weighted by molar-refractivity contribution is 0.0643. The van der Waals surface area contributed by atoms with Crippen LogP contribution in [0.5, 0.6) is 0 Å². The Labute approximate surface area is 253 Å². The smallest absolute Gasteiger partial charge is 0.378 e. The van der Waals surface area contributed by atoms with Gasteiger partial charge in [0, 0.05) is 80.6 Å². The van der Waals surface area contributed by atoms with Crippen LogP contribution in [-0.2, 0) is 15.3 Å². The molecule has 0 saturated carbocycles. The van der Waals surface area contributed by atoms with Crippen molar-refractivity contribution in [1.82, 2.24) is 29.7 Å². The lowest BCUT2D eigenvalue weighted by Crippen LogP contribution is -2.48. The quantitative estimate of drug-likeness (QED) is 0.299. The fourth-order valence-electron chi connectivity index (χ4n) is 5.29. The Balaban J connectivity index is 1.13. The van der Waals surface area contributed by atoms with Gasteiger partial charge >= 0.3 is 6.09 Å². The first-order valence-corrected chi connectivity index (χ1v) is 15.0. The molecule has 3 N–H and O–H groups in total. The summed E-state index contributed by atoms with van der Waals surface area (Å²) >= 11 is 0.908. The molecule has 0 aliphatic carbocycles. The van der Waals surface area contributed by atoms with E-state index in [9.17, 15) is 9.59 Å². The Morgan fingerprint density at radius 3 is 2.56 bits per heavy atom. The van der Waals surface area contributed by atoms with Gasteiger partial charge in [-0.2, -0.15) is 4.98 Å². The molecule has 3 aliphatic rings. The number of piperazine rings is 1. The molecule has 15 heteroatoms. The molecule has 5 heterocycles. The van der Waals surface area contributed by atoms with Gasteiger partial charge in [0.1, 0.15) is 0 Å². The first-order chi connectivity index (χ1) is 21.0. The lowest BCUT2D eigenvalue weighted by Gasteiger charge is -2.34. The summed E-state index contributed by atoms with van der Waals surface area (Å²) in [6.45, 7) is 9.26. The number of hydrogen-bond acceptors (Lipinski definition) is 13. The molecule has 226 valence electrons. The first-order valence-electron chi connectivity index (χ1n) is 14.3. The van der Waals surface area contributed by atoms with E-state index in [2.05, 4.69) is 32.0 Å². The standard InChI is InChI=1S/C28H34N10O4S/c1-2-35-8-10-36(11-9-35)25(39)19-4-3-5-21(16-19)32-28(40)42-43-38-7-6-22-23(20-17-30-26(29)31-18-20)33-27(34-24(22)38)37-12-14-41-15-13-37/h3-5,16-18H,2,6-15H2,1H3,(H,32,40)(H2,29,30,31). The van der Waals surface area contributed by atoms with E-state index in [0.717, 1.165) is 48.7 Å². The molecule has 2 fully saturated rings. The van der Waals surface area contributed by atoms with Crippen LogP contribution < -0.4 is 20.3 Å². The van der Waals surface area contributed by atoms with E-state index in [0.29, 0.717) is 75.4 Å². The molecule has 0 atom stereocenters. The lowest BCUT2D eigenvalue weighted by atomic mass is 10.1. The molecule has 3 aromatic rings. The van der Waals surface area contributed by atoms with Gasteiger partial charge in [0.05, 0.1) is 18.9 Å². The maximum absolute atomic E-state index is 13.1. The molecule has 2 aromatic heterocycles. The number of amides is 2. The van der Waals surface area contributed by atoms with Crippen LogP contribution >= 0.6 is 12.2 Å². The Morgan fingerprint density at radius 2 is 1.81 bits per heavy atom. The van der Waals surface area contributed by atoms with Crippen LogP contribution in [0.15, 0.2) is 36.7 Å². The van der Waals surface area contributed by atoms with Crippen molar-refractivity contribution < 1.29 is 18.5 Å². The van der Waals surface area contributed by atoms with Crippen LogP contribution in [0.3, 0.4) is 0 Å². The molecule has 0 radical (unpaired) electrons. The molecule has 0 spiro atoms. The van der Waals surface area contributed by atoms with Crippen molar-refractivity contribution in [3.8, 4) is 11.3 Å². The van der Waals surface area contributed by atoms with E-state index >= 15 is 0 Å². The van der Waals surface area contributed by atoms with Crippen molar-refractivity contribution in [3.63, 3.8) is 0 Å².